The van der Waals surface area contributed by atoms with Gasteiger partial charge in [-0.15, -0.1) is 0 Å². The minimum absolute atomic E-state index is 0.164. The van der Waals surface area contributed by atoms with E-state index in [1.165, 1.54) is 12.1 Å². The molecular weight excluding hydrogens is 245 g/mol. The smallest absolute Gasteiger partial charge is 0.321 e. The molecule has 1 aromatic rings. The average Bonchev–Trinajstić information content (AvgIpc) is 2.38. The lowest BCUT2D eigenvalue weighted by atomic mass is 9.93. The van der Waals surface area contributed by atoms with Gasteiger partial charge in [0.1, 0.15) is 5.82 Å². The molecule has 5 heteroatoms. The molecule has 106 valence electrons. The second kappa shape index (κ2) is 6.52. The lowest BCUT2D eigenvalue weighted by molar-refractivity contribution is 0.185. The molecule has 3 N–H and O–H groups in total. The van der Waals surface area contributed by atoms with Gasteiger partial charge in [-0.2, -0.15) is 0 Å². The van der Waals surface area contributed by atoms with Gasteiger partial charge in [0.15, 0.2) is 0 Å². The Labute approximate surface area is 113 Å². The van der Waals surface area contributed by atoms with Crippen molar-refractivity contribution in [1.82, 2.24) is 4.90 Å². The van der Waals surface area contributed by atoms with Crippen molar-refractivity contribution in [3.63, 3.8) is 0 Å². The van der Waals surface area contributed by atoms with Crippen LogP contribution in [0.2, 0.25) is 0 Å². The Bertz CT molecular complexity index is 434. The van der Waals surface area contributed by atoms with Crippen LogP contribution in [0.25, 0.3) is 0 Å². The fourth-order valence-electron chi connectivity index (χ4n) is 1.67. The summed E-state index contributed by atoms with van der Waals surface area (Å²) < 4.78 is 13.5. The zero-order valence-corrected chi connectivity index (χ0v) is 11.7. The highest BCUT2D eigenvalue weighted by Gasteiger charge is 2.23. The zero-order chi connectivity index (χ0) is 14.5. The third-order valence-corrected chi connectivity index (χ3v) is 2.96. The molecule has 0 aliphatic rings. The molecule has 0 aromatic heterocycles. The second-order valence-corrected chi connectivity index (χ2v) is 5.29. The minimum Gasteiger partial charge on any atom is -0.330 e. The molecule has 0 unspecified atom stereocenters. The summed E-state index contributed by atoms with van der Waals surface area (Å²) in [6.07, 6.45) is 0. The SMILES string of the molecule is CCN(CC(C)(C)CN)C(=O)Nc1ccccc1F. The molecule has 0 atom stereocenters. The van der Waals surface area contributed by atoms with Gasteiger partial charge < -0.3 is 16.0 Å². The second-order valence-electron chi connectivity index (χ2n) is 5.29. The summed E-state index contributed by atoms with van der Waals surface area (Å²) in [6.45, 7) is 7.42. The number of carbonyl (C=O) groups is 1. The third kappa shape index (κ3) is 4.52. The van der Waals surface area contributed by atoms with Crippen LogP contribution in [0.1, 0.15) is 20.8 Å². The monoisotopic (exact) mass is 267 g/mol. The fraction of sp³-hybridized carbons (Fsp3) is 0.500. The van der Waals surface area contributed by atoms with E-state index >= 15 is 0 Å². The highest BCUT2D eigenvalue weighted by molar-refractivity contribution is 5.89. The first-order chi connectivity index (χ1) is 8.89. The molecule has 0 aliphatic carbocycles. The Morgan fingerprint density at radius 2 is 2.05 bits per heavy atom. The Morgan fingerprint density at radius 1 is 1.42 bits per heavy atom. The number of benzene rings is 1. The first-order valence-corrected chi connectivity index (χ1v) is 6.40. The van der Waals surface area contributed by atoms with Crippen molar-refractivity contribution in [3.8, 4) is 0 Å². The number of anilines is 1. The molecule has 4 nitrogen and oxygen atoms in total. The first kappa shape index (κ1) is 15.4. The third-order valence-electron chi connectivity index (χ3n) is 2.96. The number of amides is 2. The van der Waals surface area contributed by atoms with Crippen LogP contribution in [0, 0.1) is 11.2 Å². The van der Waals surface area contributed by atoms with Gasteiger partial charge in [-0.3, -0.25) is 0 Å². The number of halogens is 1. The van der Waals surface area contributed by atoms with E-state index in [1.54, 1.807) is 17.0 Å². The summed E-state index contributed by atoms with van der Waals surface area (Å²) in [4.78, 5) is 13.7. The van der Waals surface area contributed by atoms with Crippen LogP contribution in [0.4, 0.5) is 14.9 Å². The van der Waals surface area contributed by atoms with E-state index in [2.05, 4.69) is 5.32 Å². The molecule has 0 spiro atoms. The highest BCUT2D eigenvalue weighted by Crippen LogP contribution is 2.17. The largest absolute Gasteiger partial charge is 0.330 e. The number of urea groups is 1. The maximum Gasteiger partial charge on any atom is 0.321 e. The average molecular weight is 267 g/mol. The normalized spacial score (nSPS) is 11.2. The number of nitrogens with two attached hydrogens (primary N) is 1. The number of nitrogens with zero attached hydrogens (tertiary/aromatic N) is 1. The molecular formula is C14H22FN3O. The molecule has 2 amide bonds. The molecule has 1 rings (SSSR count). The molecule has 0 saturated heterocycles. The van der Waals surface area contributed by atoms with Gasteiger partial charge in [0.2, 0.25) is 0 Å². The van der Waals surface area contributed by atoms with Crippen molar-refractivity contribution in [2.75, 3.05) is 25.0 Å². The van der Waals surface area contributed by atoms with Gasteiger partial charge in [0, 0.05) is 13.1 Å². The highest BCUT2D eigenvalue weighted by atomic mass is 19.1. The summed E-state index contributed by atoms with van der Waals surface area (Å²) in [5, 5.41) is 2.58. The predicted octanol–water partition coefficient (Wildman–Crippen LogP) is 2.66. The number of para-hydroxylation sites is 1. The van der Waals surface area contributed by atoms with E-state index in [-0.39, 0.29) is 17.1 Å². The molecule has 0 radical (unpaired) electrons. The van der Waals surface area contributed by atoms with E-state index in [0.29, 0.717) is 19.6 Å². The predicted molar refractivity (Wildman–Crippen MR) is 75.5 cm³/mol. The van der Waals surface area contributed by atoms with Crippen molar-refractivity contribution in [3.05, 3.63) is 30.1 Å². The minimum atomic E-state index is -0.440. The summed E-state index contributed by atoms with van der Waals surface area (Å²) in [5.41, 5.74) is 5.69. The van der Waals surface area contributed by atoms with Crippen LogP contribution in [0.5, 0.6) is 0 Å². The van der Waals surface area contributed by atoms with Crippen LogP contribution in [-0.2, 0) is 0 Å². The van der Waals surface area contributed by atoms with E-state index in [1.807, 2.05) is 20.8 Å². The van der Waals surface area contributed by atoms with E-state index in [4.69, 9.17) is 5.73 Å². The Balaban J connectivity index is 2.72. The standard InChI is InChI=1S/C14H22FN3O/c1-4-18(10-14(2,3)9-16)13(19)17-12-8-6-5-7-11(12)15/h5-8H,4,9-10,16H2,1-3H3,(H,17,19). The van der Waals surface area contributed by atoms with Crippen LogP contribution in [0.3, 0.4) is 0 Å². The van der Waals surface area contributed by atoms with Gasteiger partial charge in [0.05, 0.1) is 5.69 Å². The maximum absolute atomic E-state index is 13.5. The van der Waals surface area contributed by atoms with Gasteiger partial charge in [-0.05, 0) is 31.0 Å². The number of rotatable bonds is 5. The van der Waals surface area contributed by atoms with Gasteiger partial charge in [-0.1, -0.05) is 26.0 Å². The number of hydrogen-bond acceptors (Lipinski definition) is 2. The van der Waals surface area contributed by atoms with Gasteiger partial charge in [-0.25, -0.2) is 9.18 Å². The summed E-state index contributed by atoms with van der Waals surface area (Å²) in [7, 11) is 0. The summed E-state index contributed by atoms with van der Waals surface area (Å²) in [5.74, 6) is -0.440. The van der Waals surface area contributed by atoms with Crippen molar-refractivity contribution in [1.29, 1.82) is 0 Å². The van der Waals surface area contributed by atoms with Crippen LogP contribution in [0.15, 0.2) is 24.3 Å². The summed E-state index contributed by atoms with van der Waals surface area (Å²) >= 11 is 0. The van der Waals surface area contributed by atoms with Crippen LogP contribution in [-0.4, -0.2) is 30.6 Å². The summed E-state index contributed by atoms with van der Waals surface area (Å²) in [6, 6.07) is 5.80. The Morgan fingerprint density at radius 3 is 2.58 bits per heavy atom. The molecule has 0 heterocycles. The molecule has 0 bridgehead atoms. The Hall–Kier alpha value is -1.62. The number of carbonyl (C=O) groups excluding carboxylic acids is 1. The van der Waals surface area contributed by atoms with Gasteiger partial charge >= 0.3 is 6.03 Å². The molecule has 19 heavy (non-hydrogen) atoms. The lowest BCUT2D eigenvalue weighted by Crippen LogP contribution is -2.43. The topological polar surface area (TPSA) is 58.4 Å². The quantitative estimate of drug-likeness (QED) is 0.861. The van der Waals surface area contributed by atoms with Crippen molar-refractivity contribution < 1.29 is 9.18 Å². The van der Waals surface area contributed by atoms with E-state index in [0.717, 1.165) is 0 Å². The van der Waals surface area contributed by atoms with Crippen LogP contribution < -0.4 is 11.1 Å². The first-order valence-electron chi connectivity index (χ1n) is 6.40. The van der Waals surface area contributed by atoms with E-state index < -0.39 is 5.82 Å². The Kier molecular flexibility index (Phi) is 5.30. The molecule has 0 aliphatic heterocycles. The number of hydrogen-bond donors (Lipinski definition) is 2. The number of nitrogens with one attached hydrogen (secondary N) is 1. The van der Waals surface area contributed by atoms with Crippen molar-refractivity contribution in [2.24, 2.45) is 11.1 Å². The van der Waals surface area contributed by atoms with E-state index in [9.17, 15) is 9.18 Å². The fourth-order valence-corrected chi connectivity index (χ4v) is 1.67. The van der Waals surface area contributed by atoms with Gasteiger partial charge in [0.25, 0.3) is 0 Å². The van der Waals surface area contributed by atoms with Crippen molar-refractivity contribution in [2.45, 2.75) is 20.8 Å². The van der Waals surface area contributed by atoms with Crippen molar-refractivity contribution >= 4 is 11.7 Å². The molecule has 0 saturated carbocycles. The molecule has 1 aromatic carbocycles. The maximum atomic E-state index is 13.5. The molecule has 0 fully saturated rings. The van der Waals surface area contributed by atoms with Crippen LogP contribution >= 0.6 is 0 Å². The zero-order valence-electron chi connectivity index (χ0n) is 11.7. The lowest BCUT2D eigenvalue weighted by Gasteiger charge is -2.31.